The molecule has 0 aliphatic heterocycles. The number of benzene rings is 3. The molecule has 0 aliphatic rings. The number of hydrogen-bond donors (Lipinski definition) is 1. The molecule has 6 nitrogen and oxygen atoms in total. The van der Waals surface area contributed by atoms with Crippen LogP contribution in [0.1, 0.15) is 0 Å². The van der Waals surface area contributed by atoms with E-state index in [-0.39, 0.29) is 4.90 Å². The summed E-state index contributed by atoms with van der Waals surface area (Å²) in [6.45, 7) is -0.678. The summed E-state index contributed by atoms with van der Waals surface area (Å²) in [7, 11) is -2.59. The Morgan fingerprint density at radius 3 is 2.31 bits per heavy atom. The van der Waals surface area contributed by atoms with Crippen molar-refractivity contribution in [1.82, 2.24) is 0 Å². The van der Waals surface area contributed by atoms with Gasteiger partial charge in [-0.25, -0.2) is 8.42 Å². The molecule has 0 aliphatic carbocycles. The minimum Gasteiger partial charge on any atom is -0.497 e. The minimum absolute atomic E-state index is 0.00696. The maximum absolute atomic E-state index is 13.1. The Kier molecular flexibility index (Phi) is 4.81. The third kappa shape index (κ3) is 3.34. The molecule has 0 atom stereocenters. The highest BCUT2D eigenvalue weighted by atomic mass is 32.2. The van der Waals surface area contributed by atoms with Gasteiger partial charge in [-0.05, 0) is 35.7 Å². The van der Waals surface area contributed by atoms with Gasteiger partial charge in [-0.15, -0.1) is 0 Å². The number of sulfonamides is 1. The molecule has 7 heteroatoms. The fourth-order valence-electron chi connectivity index (χ4n) is 2.72. The highest BCUT2D eigenvalue weighted by molar-refractivity contribution is 7.92. The van der Waals surface area contributed by atoms with Crippen LogP contribution in [0.3, 0.4) is 0 Å². The van der Waals surface area contributed by atoms with Crippen LogP contribution in [0.5, 0.6) is 5.75 Å². The summed E-state index contributed by atoms with van der Waals surface area (Å²) in [5, 5.41) is 10.8. The zero-order chi connectivity index (χ0) is 18.7. The Morgan fingerprint density at radius 2 is 1.65 bits per heavy atom. The van der Waals surface area contributed by atoms with Gasteiger partial charge >= 0.3 is 5.97 Å². The molecule has 0 saturated carbocycles. The molecule has 0 saturated heterocycles. The number of fused-ring (bicyclic) bond motifs is 1. The summed E-state index contributed by atoms with van der Waals surface area (Å²) in [5.41, 5.74) is 0.321. The van der Waals surface area contributed by atoms with Crippen LogP contribution < -0.4 is 9.04 Å². The lowest BCUT2D eigenvalue weighted by atomic mass is 10.1. The summed E-state index contributed by atoms with van der Waals surface area (Å²) in [4.78, 5) is 11.4. The van der Waals surface area contributed by atoms with Crippen molar-refractivity contribution in [2.75, 3.05) is 18.0 Å². The van der Waals surface area contributed by atoms with Crippen molar-refractivity contribution in [2.24, 2.45) is 0 Å². The minimum atomic E-state index is -4.07. The molecule has 0 unspecified atom stereocenters. The van der Waals surface area contributed by atoms with Crippen molar-refractivity contribution in [3.63, 3.8) is 0 Å². The molecule has 134 valence electrons. The summed E-state index contributed by atoms with van der Waals surface area (Å²) in [6, 6.07) is 18.2. The standard InChI is InChI=1S/C19H17NO5S/c1-25-15-9-11-16(12-10-15)26(23,24)20(13-19(21)22)18-8-4-6-14-5-2-3-7-17(14)18/h2-12H,13H2,1H3,(H,21,22). The van der Waals surface area contributed by atoms with E-state index in [1.807, 2.05) is 18.2 Å². The number of carboxylic acid groups (broad SMARTS) is 1. The quantitative estimate of drug-likeness (QED) is 0.720. The van der Waals surface area contributed by atoms with Crippen LogP contribution in [-0.4, -0.2) is 33.1 Å². The van der Waals surface area contributed by atoms with E-state index in [9.17, 15) is 18.3 Å². The van der Waals surface area contributed by atoms with E-state index in [1.165, 1.54) is 31.4 Å². The van der Waals surface area contributed by atoms with E-state index in [0.717, 1.165) is 9.69 Å². The van der Waals surface area contributed by atoms with Gasteiger partial charge in [0.25, 0.3) is 10.0 Å². The van der Waals surface area contributed by atoms with Gasteiger partial charge in [-0.1, -0.05) is 36.4 Å². The van der Waals surface area contributed by atoms with Gasteiger partial charge < -0.3 is 9.84 Å². The number of carbonyl (C=O) groups is 1. The maximum atomic E-state index is 13.1. The van der Waals surface area contributed by atoms with Gasteiger partial charge in [0, 0.05) is 5.39 Å². The lowest BCUT2D eigenvalue weighted by Gasteiger charge is -2.24. The second kappa shape index (κ2) is 7.05. The highest BCUT2D eigenvalue weighted by Gasteiger charge is 2.28. The molecule has 0 spiro atoms. The molecule has 0 fully saturated rings. The fourth-order valence-corrected chi connectivity index (χ4v) is 4.16. The summed E-state index contributed by atoms with van der Waals surface area (Å²) >= 11 is 0. The van der Waals surface area contributed by atoms with E-state index < -0.39 is 22.5 Å². The molecular formula is C19H17NO5S. The molecule has 0 bridgehead atoms. The third-order valence-electron chi connectivity index (χ3n) is 3.96. The Balaban J connectivity index is 2.17. The number of anilines is 1. The van der Waals surface area contributed by atoms with Crippen molar-refractivity contribution in [3.8, 4) is 5.75 Å². The molecule has 26 heavy (non-hydrogen) atoms. The number of hydrogen-bond acceptors (Lipinski definition) is 4. The van der Waals surface area contributed by atoms with Gasteiger partial charge in [0.05, 0.1) is 17.7 Å². The van der Waals surface area contributed by atoms with Crippen LogP contribution in [-0.2, 0) is 14.8 Å². The lowest BCUT2D eigenvalue weighted by molar-refractivity contribution is -0.135. The largest absolute Gasteiger partial charge is 0.497 e. The van der Waals surface area contributed by atoms with E-state index in [1.54, 1.807) is 24.3 Å². The van der Waals surface area contributed by atoms with Crippen molar-refractivity contribution in [1.29, 1.82) is 0 Å². The fraction of sp³-hybridized carbons (Fsp3) is 0.105. The second-order valence-electron chi connectivity index (χ2n) is 5.58. The van der Waals surface area contributed by atoms with Crippen LogP contribution in [0, 0.1) is 0 Å². The Morgan fingerprint density at radius 1 is 1.00 bits per heavy atom. The second-order valence-corrected chi connectivity index (χ2v) is 7.44. The molecule has 0 radical (unpaired) electrons. The van der Waals surface area contributed by atoms with Gasteiger partial charge in [-0.2, -0.15) is 0 Å². The molecule has 3 rings (SSSR count). The number of nitrogens with zero attached hydrogens (tertiary/aromatic N) is 1. The van der Waals surface area contributed by atoms with E-state index in [4.69, 9.17) is 4.74 Å². The molecule has 3 aromatic carbocycles. The Hall–Kier alpha value is -3.06. The Bertz CT molecular complexity index is 1040. The molecule has 0 amide bonds. The first-order valence-electron chi connectivity index (χ1n) is 7.80. The average Bonchev–Trinajstić information content (AvgIpc) is 2.65. The smallest absolute Gasteiger partial charge is 0.324 e. The average molecular weight is 371 g/mol. The number of ether oxygens (including phenoxy) is 1. The van der Waals surface area contributed by atoms with Crippen LogP contribution in [0.15, 0.2) is 71.6 Å². The normalized spacial score (nSPS) is 11.3. The monoisotopic (exact) mass is 371 g/mol. The predicted molar refractivity (Wildman–Crippen MR) is 99.1 cm³/mol. The van der Waals surface area contributed by atoms with Crippen LogP contribution in [0.2, 0.25) is 0 Å². The van der Waals surface area contributed by atoms with Crippen LogP contribution in [0.4, 0.5) is 5.69 Å². The highest BCUT2D eigenvalue weighted by Crippen LogP contribution is 2.31. The molecule has 3 aromatic rings. The Labute approximate surface area is 151 Å². The molecule has 0 aromatic heterocycles. The zero-order valence-electron chi connectivity index (χ0n) is 14.0. The molecular weight excluding hydrogens is 354 g/mol. The van der Waals surface area contributed by atoms with Crippen LogP contribution >= 0.6 is 0 Å². The predicted octanol–water partition coefficient (Wildman–Crippen LogP) is 3.13. The van der Waals surface area contributed by atoms with Gasteiger partial charge in [0.2, 0.25) is 0 Å². The lowest BCUT2D eigenvalue weighted by Crippen LogP contribution is -2.35. The van der Waals surface area contributed by atoms with Crippen molar-refractivity contribution in [3.05, 3.63) is 66.7 Å². The molecule has 0 heterocycles. The van der Waals surface area contributed by atoms with Crippen molar-refractivity contribution >= 4 is 32.5 Å². The molecule has 1 N–H and O–H groups in total. The summed E-state index contributed by atoms with van der Waals surface area (Å²) in [6.07, 6.45) is 0. The van der Waals surface area contributed by atoms with E-state index >= 15 is 0 Å². The number of aliphatic carboxylic acids is 1. The first-order valence-corrected chi connectivity index (χ1v) is 9.24. The number of rotatable bonds is 6. The maximum Gasteiger partial charge on any atom is 0.324 e. The number of methoxy groups -OCH3 is 1. The van der Waals surface area contributed by atoms with Crippen LogP contribution in [0.25, 0.3) is 10.8 Å². The van der Waals surface area contributed by atoms with E-state index in [2.05, 4.69) is 0 Å². The first-order chi connectivity index (χ1) is 12.4. The third-order valence-corrected chi connectivity index (χ3v) is 5.74. The van der Waals surface area contributed by atoms with Crippen molar-refractivity contribution < 1.29 is 23.1 Å². The van der Waals surface area contributed by atoms with Gasteiger partial charge in [-0.3, -0.25) is 9.10 Å². The summed E-state index contributed by atoms with van der Waals surface area (Å²) < 4.78 is 32.2. The van der Waals surface area contributed by atoms with Gasteiger partial charge in [0.1, 0.15) is 12.3 Å². The van der Waals surface area contributed by atoms with Gasteiger partial charge in [0.15, 0.2) is 0 Å². The number of carboxylic acids is 1. The summed E-state index contributed by atoms with van der Waals surface area (Å²) in [5.74, 6) is -0.728. The van der Waals surface area contributed by atoms with E-state index in [0.29, 0.717) is 16.8 Å². The van der Waals surface area contributed by atoms with Crippen molar-refractivity contribution in [2.45, 2.75) is 4.90 Å². The zero-order valence-corrected chi connectivity index (χ0v) is 14.8. The topological polar surface area (TPSA) is 83.9 Å². The first kappa shape index (κ1) is 17.8. The SMILES string of the molecule is COc1ccc(S(=O)(=O)N(CC(=O)O)c2cccc3ccccc23)cc1.